The van der Waals surface area contributed by atoms with Crippen molar-refractivity contribution in [3.05, 3.63) is 112 Å². The van der Waals surface area contributed by atoms with E-state index in [-0.39, 0.29) is 28.5 Å². The summed E-state index contributed by atoms with van der Waals surface area (Å²) >= 11 is 6.42. The molecule has 0 aliphatic carbocycles. The fraction of sp³-hybridized carbons (Fsp3) is 0.229. The molecule has 5 rings (SSSR count). The Balaban J connectivity index is 1.54. The van der Waals surface area contributed by atoms with Gasteiger partial charge in [0.2, 0.25) is 0 Å². The van der Waals surface area contributed by atoms with Gasteiger partial charge in [-0.05, 0) is 76.6 Å². The Morgan fingerprint density at radius 2 is 1.67 bits per heavy atom. The van der Waals surface area contributed by atoms with Crippen LogP contribution in [0, 0.1) is 0 Å². The SMILES string of the molecule is CCC[C@@H](NC(=O)c1ccc(-c2cc(Cl)ccc2-c2nc3cc(C(C)(C)C)ccc3[nH]2)c(C(=O)O)c1)c1ccccc1. The molecule has 0 spiro atoms. The first-order chi connectivity index (χ1) is 20.0. The van der Waals surface area contributed by atoms with Crippen LogP contribution >= 0.6 is 11.6 Å². The van der Waals surface area contributed by atoms with E-state index in [1.165, 1.54) is 11.6 Å². The smallest absolute Gasteiger partial charge is 0.336 e. The molecule has 0 saturated carbocycles. The van der Waals surface area contributed by atoms with Crippen LogP contribution in [0.25, 0.3) is 33.5 Å². The zero-order valence-electron chi connectivity index (χ0n) is 24.2. The average Bonchev–Trinajstić information content (AvgIpc) is 3.40. The fourth-order valence-corrected chi connectivity index (χ4v) is 5.35. The van der Waals surface area contributed by atoms with Gasteiger partial charge in [-0.25, -0.2) is 9.78 Å². The summed E-state index contributed by atoms with van der Waals surface area (Å²) in [6, 6.07) is 25.9. The quantitative estimate of drug-likeness (QED) is 0.171. The van der Waals surface area contributed by atoms with Crippen molar-refractivity contribution in [3.8, 4) is 22.5 Å². The van der Waals surface area contributed by atoms with Gasteiger partial charge in [0.25, 0.3) is 5.91 Å². The Bertz CT molecular complexity index is 1770. The van der Waals surface area contributed by atoms with Crippen LogP contribution in [0.5, 0.6) is 0 Å². The van der Waals surface area contributed by atoms with Crippen LogP contribution in [-0.4, -0.2) is 27.0 Å². The Kier molecular flexibility index (Phi) is 8.19. The topological polar surface area (TPSA) is 95.1 Å². The van der Waals surface area contributed by atoms with E-state index in [1.54, 1.807) is 24.3 Å². The molecule has 4 aromatic carbocycles. The number of hydrogen-bond donors (Lipinski definition) is 3. The number of aromatic nitrogens is 2. The van der Waals surface area contributed by atoms with E-state index in [1.807, 2.05) is 42.5 Å². The van der Waals surface area contributed by atoms with Crippen molar-refractivity contribution in [2.75, 3.05) is 0 Å². The summed E-state index contributed by atoms with van der Waals surface area (Å²) < 4.78 is 0. The molecule has 0 unspecified atom stereocenters. The number of hydrogen-bond acceptors (Lipinski definition) is 3. The van der Waals surface area contributed by atoms with Gasteiger partial charge in [-0.1, -0.05) is 88.2 Å². The summed E-state index contributed by atoms with van der Waals surface area (Å²) in [5.41, 5.74) is 5.88. The number of rotatable bonds is 8. The van der Waals surface area contributed by atoms with Crippen LogP contribution in [0.15, 0.2) is 84.9 Å². The van der Waals surface area contributed by atoms with Gasteiger partial charge in [0.15, 0.2) is 0 Å². The lowest BCUT2D eigenvalue weighted by atomic mass is 9.87. The van der Waals surface area contributed by atoms with Gasteiger partial charge in [-0.3, -0.25) is 4.79 Å². The number of nitrogens with zero attached hydrogens (tertiary/aromatic N) is 1. The van der Waals surface area contributed by atoms with Gasteiger partial charge in [0, 0.05) is 16.1 Å². The van der Waals surface area contributed by atoms with Crippen molar-refractivity contribution in [1.82, 2.24) is 15.3 Å². The largest absolute Gasteiger partial charge is 0.478 e. The third-order valence-corrected chi connectivity index (χ3v) is 7.71. The van der Waals surface area contributed by atoms with Gasteiger partial charge in [-0.15, -0.1) is 0 Å². The maximum absolute atomic E-state index is 13.3. The van der Waals surface area contributed by atoms with E-state index >= 15 is 0 Å². The molecule has 5 aromatic rings. The molecule has 1 amide bonds. The lowest BCUT2D eigenvalue weighted by Crippen LogP contribution is -2.28. The summed E-state index contributed by atoms with van der Waals surface area (Å²) in [5, 5.41) is 13.8. The van der Waals surface area contributed by atoms with Crippen molar-refractivity contribution in [2.45, 2.75) is 52.0 Å². The molecular formula is C35H34ClN3O3. The van der Waals surface area contributed by atoms with Crippen LogP contribution in [0.3, 0.4) is 0 Å². The van der Waals surface area contributed by atoms with Gasteiger partial charge in [0.05, 0.1) is 22.6 Å². The van der Waals surface area contributed by atoms with Crippen molar-refractivity contribution in [2.24, 2.45) is 0 Å². The van der Waals surface area contributed by atoms with Gasteiger partial charge < -0.3 is 15.4 Å². The maximum atomic E-state index is 13.3. The van der Waals surface area contributed by atoms with Crippen molar-refractivity contribution in [1.29, 1.82) is 0 Å². The van der Waals surface area contributed by atoms with E-state index in [0.29, 0.717) is 27.5 Å². The van der Waals surface area contributed by atoms with E-state index in [4.69, 9.17) is 16.6 Å². The number of carboxylic acids is 1. The summed E-state index contributed by atoms with van der Waals surface area (Å²) in [4.78, 5) is 34.1. The molecule has 0 fully saturated rings. The normalized spacial score (nSPS) is 12.3. The minimum Gasteiger partial charge on any atom is -0.478 e. The molecular weight excluding hydrogens is 546 g/mol. The van der Waals surface area contributed by atoms with Gasteiger partial charge in [0.1, 0.15) is 5.82 Å². The Morgan fingerprint density at radius 3 is 2.36 bits per heavy atom. The van der Waals surface area contributed by atoms with Crippen LogP contribution in [-0.2, 0) is 5.41 Å². The summed E-state index contributed by atoms with van der Waals surface area (Å²) in [6.07, 6.45) is 1.65. The molecule has 0 aliphatic rings. The van der Waals surface area contributed by atoms with Gasteiger partial charge >= 0.3 is 5.97 Å². The van der Waals surface area contributed by atoms with Crippen LogP contribution in [0.2, 0.25) is 5.02 Å². The van der Waals surface area contributed by atoms with Crippen LogP contribution < -0.4 is 5.32 Å². The molecule has 0 saturated heterocycles. The monoisotopic (exact) mass is 579 g/mol. The van der Waals surface area contributed by atoms with E-state index in [2.05, 4.69) is 50.1 Å². The Hall–Kier alpha value is -4.42. The highest BCUT2D eigenvalue weighted by Crippen LogP contribution is 2.37. The number of carbonyl (C=O) groups excluding carboxylic acids is 1. The number of H-pyrrole nitrogens is 1. The van der Waals surface area contributed by atoms with Crippen molar-refractivity contribution >= 4 is 34.5 Å². The molecule has 1 aromatic heterocycles. The number of amides is 1. The maximum Gasteiger partial charge on any atom is 0.336 e. The number of aromatic carboxylic acids is 1. The minimum atomic E-state index is -1.14. The third-order valence-electron chi connectivity index (χ3n) is 7.47. The molecule has 214 valence electrons. The second-order valence-corrected chi connectivity index (χ2v) is 12.0. The zero-order chi connectivity index (χ0) is 30.0. The fourth-order valence-electron chi connectivity index (χ4n) is 5.18. The van der Waals surface area contributed by atoms with E-state index < -0.39 is 5.97 Å². The molecule has 0 aliphatic heterocycles. The lowest BCUT2D eigenvalue weighted by Gasteiger charge is -2.19. The van der Waals surface area contributed by atoms with Crippen LogP contribution in [0.4, 0.5) is 0 Å². The minimum absolute atomic E-state index is 0.00375. The molecule has 1 heterocycles. The number of carbonyl (C=O) groups is 2. The Labute approximate surface area is 250 Å². The first kappa shape index (κ1) is 29.1. The highest BCUT2D eigenvalue weighted by Gasteiger charge is 2.22. The number of nitrogens with one attached hydrogen (secondary N) is 2. The summed E-state index contributed by atoms with van der Waals surface area (Å²) in [7, 11) is 0. The number of imidazole rings is 1. The molecule has 3 N–H and O–H groups in total. The standard InChI is InChI=1S/C35H34ClN3O3/c1-5-9-29(21-10-7-6-8-11-21)39-33(40)22-12-15-25(28(18-22)34(41)42)27-20-24(36)14-16-26(27)32-37-30-17-13-23(35(2,3)4)19-31(30)38-32/h6-8,10-20,29H,5,9H2,1-4H3,(H,37,38)(H,39,40)(H,41,42)/t29-/m1/s1. The Morgan fingerprint density at radius 1 is 0.929 bits per heavy atom. The highest BCUT2D eigenvalue weighted by molar-refractivity contribution is 6.31. The number of benzene rings is 4. The third kappa shape index (κ3) is 6.09. The van der Waals surface area contributed by atoms with Crippen LogP contribution in [0.1, 0.15) is 78.4 Å². The second kappa shape index (κ2) is 11.8. The number of fused-ring (bicyclic) bond motifs is 1. The molecule has 42 heavy (non-hydrogen) atoms. The molecule has 0 radical (unpaired) electrons. The number of aromatic amines is 1. The molecule has 6 nitrogen and oxygen atoms in total. The summed E-state index contributed by atoms with van der Waals surface area (Å²) in [5.74, 6) is -0.867. The predicted octanol–water partition coefficient (Wildman–Crippen LogP) is 8.82. The highest BCUT2D eigenvalue weighted by atomic mass is 35.5. The van der Waals surface area contributed by atoms with Gasteiger partial charge in [-0.2, -0.15) is 0 Å². The van der Waals surface area contributed by atoms with Crippen molar-refractivity contribution < 1.29 is 14.7 Å². The summed E-state index contributed by atoms with van der Waals surface area (Å²) in [6.45, 7) is 8.53. The zero-order valence-corrected chi connectivity index (χ0v) is 24.9. The van der Waals surface area contributed by atoms with E-state index in [9.17, 15) is 14.7 Å². The number of halogens is 1. The molecule has 7 heteroatoms. The average molecular weight is 580 g/mol. The first-order valence-electron chi connectivity index (χ1n) is 14.1. The predicted molar refractivity (Wildman–Crippen MR) is 169 cm³/mol. The van der Waals surface area contributed by atoms with E-state index in [0.717, 1.165) is 29.4 Å². The number of carboxylic acid groups (broad SMARTS) is 1. The van der Waals surface area contributed by atoms with Crippen molar-refractivity contribution in [3.63, 3.8) is 0 Å². The second-order valence-electron chi connectivity index (χ2n) is 11.5. The lowest BCUT2D eigenvalue weighted by molar-refractivity contribution is 0.0697. The molecule has 0 bridgehead atoms. The molecule has 1 atom stereocenters. The first-order valence-corrected chi connectivity index (χ1v) is 14.5.